The van der Waals surface area contributed by atoms with Crippen LogP contribution in [0, 0.1) is 0 Å². The van der Waals surface area contributed by atoms with E-state index in [0.717, 1.165) is 9.99 Å². The van der Waals surface area contributed by atoms with Gasteiger partial charge in [0.25, 0.3) is 5.91 Å². The summed E-state index contributed by atoms with van der Waals surface area (Å²) in [6, 6.07) is 13.4. The summed E-state index contributed by atoms with van der Waals surface area (Å²) in [4.78, 5) is 14.7. The number of ether oxygens (including phenoxy) is 1. The van der Waals surface area contributed by atoms with Crippen molar-refractivity contribution in [3.05, 3.63) is 54.1 Å². The zero-order valence-electron chi connectivity index (χ0n) is 14.3. The number of para-hydroxylation sites is 2. The van der Waals surface area contributed by atoms with Crippen LogP contribution in [0.4, 0.5) is 5.69 Å². The first-order chi connectivity index (χ1) is 11.8. The van der Waals surface area contributed by atoms with E-state index < -0.39 is 10.0 Å². The van der Waals surface area contributed by atoms with Gasteiger partial charge in [0.2, 0.25) is 10.0 Å². The summed E-state index contributed by atoms with van der Waals surface area (Å²) in [6.45, 7) is 2.34. The second kappa shape index (κ2) is 6.50. The molecular weight excluding hydrogens is 340 g/mol. The van der Waals surface area contributed by atoms with Crippen molar-refractivity contribution in [3.63, 3.8) is 0 Å². The number of anilines is 1. The number of rotatable bonds is 3. The molecule has 0 N–H and O–H groups in total. The van der Waals surface area contributed by atoms with E-state index >= 15 is 0 Å². The molecule has 3 rings (SSSR count). The largest absolute Gasteiger partial charge is 0.487 e. The molecule has 6 nitrogen and oxygen atoms in total. The van der Waals surface area contributed by atoms with Crippen LogP contribution in [0.3, 0.4) is 0 Å². The van der Waals surface area contributed by atoms with Gasteiger partial charge in [-0.3, -0.25) is 4.79 Å². The quantitative estimate of drug-likeness (QED) is 0.843. The van der Waals surface area contributed by atoms with E-state index in [-0.39, 0.29) is 16.9 Å². The van der Waals surface area contributed by atoms with Crippen molar-refractivity contribution in [1.29, 1.82) is 0 Å². The van der Waals surface area contributed by atoms with Gasteiger partial charge in [-0.05, 0) is 43.3 Å². The van der Waals surface area contributed by atoms with Crippen LogP contribution in [0.15, 0.2) is 53.4 Å². The highest BCUT2D eigenvalue weighted by atomic mass is 32.2. The van der Waals surface area contributed by atoms with Gasteiger partial charge in [0, 0.05) is 19.7 Å². The predicted octanol–water partition coefficient (Wildman–Crippen LogP) is 2.36. The van der Waals surface area contributed by atoms with Gasteiger partial charge >= 0.3 is 0 Å². The number of hydrogen-bond acceptors (Lipinski definition) is 4. The molecule has 1 amide bonds. The van der Waals surface area contributed by atoms with Crippen LogP contribution in [0.25, 0.3) is 0 Å². The first kappa shape index (κ1) is 17.4. The predicted molar refractivity (Wildman–Crippen MR) is 95.5 cm³/mol. The van der Waals surface area contributed by atoms with Crippen molar-refractivity contribution < 1.29 is 17.9 Å². The highest BCUT2D eigenvalue weighted by Crippen LogP contribution is 2.34. The van der Waals surface area contributed by atoms with Gasteiger partial charge in [-0.25, -0.2) is 12.7 Å². The summed E-state index contributed by atoms with van der Waals surface area (Å²) in [7, 11) is -0.568. The highest BCUT2D eigenvalue weighted by molar-refractivity contribution is 7.89. The van der Waals surface area contributed by atoms with E-state index in [1.54, 1.807) is 17.0 Å². The third-order valence-corrected chi connectivity index (χ3v) is 5.88. The van der Waals surface area contributed by atoms with Crippen LogP contribution >= 0.6 is 0 Å². The lowest BCUT2D eigenvalue weighted by molar-refractivity contribution is 0.0961. The Labute approximate surface area is 147 Å². The van der Waals surface area contributed by atoms with Gasteiger partial charge in [0.1, 0.15) is 11.9 Å². The number of benzene rings is 2. The number of nitrogens with zero attached hydrogens (tertiary/aromatic N) is 2. The van der Waals surface area contributed by atoms with E-state index in [0.29, 0.717) is 17.9 Å². The van der Waals surface area contributed by atoms with Crippen LogP contribution < -0.4 is 9.64 Å². The van der Waals surface area contributed by atoms with Crippen molar-refractivity contribution in [2.45, 2.75) is 17.9 Å². The molecule has 0 aliphatic carbocycles. The molecule has 1 heterocycles. The lowest BCUT2D eigenvalue weighted by Gasteiger charge is -2.33. The maximum atomic E-state index is 12.9. The van der Waals surface area contributed by atoms with Crippen LogP contribution in [0.5, 0.6) is 5.75 Å². The monoisotopic (exact) mass is 360 g/mol. The molecule has 0 spiro atoms. The van der Waals surface area contributed by atoms with Gasteiger partial charge in [-0.2, -0.15) is 0 Å². The standard InChI is InChI=1S/C18H20N2O4S/c1-13-12-20(16-6-4-5-7-17(16)24-13)18(21)14-8-10-15(11-9-14)25(22,23)19(2)3/h4-11,13H,12H2,1-3H3. The van der Waals surface area contributed by atoms with Gasteiger partial charge in [-0.15, -0.1) is 0 Å². The Balaban J connectivity index is 1.92. The van der Waals surface area contributed by atoms with Gasteiger partial charge in [0.05, 0.1) is 17.1 Å². The second-order valence-electron chi connectivity index (χ2n) is 6.12. The van der Waals surface area contributed by atoms with Crippen LogP contribution in [-0.2, 0) is 10.0 Å². The minimum Gasteiger partial charge on any atom is -0.487 e. The van der Waals surface area contributed by atoms with Gasteiger partial charge < -0.3 is 9.64 Å². The maximum absolute atomic E-state index is 12.9. The SMILES string of the molecule is CC1CN(C(=O)c2ccc(S(=O)(=O)N(C)C)cc2)c2ccccc2O1. The van der Waals surface area contributed by atoms with Crippen molar-refractivity contribution >= 4 is 21.6 Å². The summed E-state index contributed by atoms with van der Waals surface area (Å²) in [5.41, 5.74) is 1.15. The van der Waals surface area contributed by atoms with Crippen molar-refractivity contribution in [2.75, 3.05) is 25.5 Å². The molecule has 0 radical (unpaired) electrons. The fourth-order valence-corrected chi connectivity index (χ4v) is 3.62. The number of carbonyl (C=O) groups is 1. The lowest BCUT2D eigenvalue weighted by Crippen LogP contribution is -2.42. The fourth-order valence-electron chi connectivity index (χ4n) is 2.72. The summed E-state index contributed by atoms with van der Waals surface area (Å²) < 4.78 is 31.2. The van der Waals surface area contributed by atoms with Crippen molar-refractivity contribution in [2.24, 2.45) is 0 Å². The van der Waals surface area contributed by atoms with Crippen LogP contribution in [-0.4, -0.2) is 45.4 Å². The Hall–Kier alpha value is -2.38. The Morgan fingerprint density at radius 3 is 2.40 bits per heavy atom. The third kappa shape index (κ3) is 3.25. The van der Waals surface area contributed by atoms with Crippen molar-refractivity contribution in [1.82, 2.24) is 4.31 Å². The molecule has 7 heteroatoms. The van der Waals surface area contributed by atoms with E-state index in [2.05, 4.69) is 0 Å². The van der Waals surface area contributed by atoms with E-state index in [9.17, 15) is 13.2 Å². The number of amides is 1. The Morgan fingerprint density at radius 2 is 1.76 bits per heavy atom. The van der Waals surface area contributed by atoms with Crippen LogP contribution in [0.2, 0.25) is 0 Å². The summed E-state index contributed by atoms with van der Waals surface area (Å²) in [5.74, 6) is 0.484. The van der Waals surface area contributed by atoms with E-state index in [1.807, 2.05) is 31.2 Å². The Morgan fingerprint density at radius 1 is 1.12 bits per heavy atom. The minimum absolute atomic E-state index is 0.118. The molecule has 0 aromatic heterocycles. The van der Waals surface area contributed by atoms with Crippen LogP contribution in [0.1, 0.15) is 17.3 Å². The zero-order chi connectivity index (χ0) is 18.2. The number of carbonyl (C=O) groups excluding carboxylic acids is 1. The summed E-state index contributed by atoms with van der Waals surface area (Å²) >= 11 is 0. The fraction of sp³-hybridized carbons (Fsp3) is 0.278. The molecular formula is C18H20N2O4S. The maximum Gasteiger partial charge on any atom is 0.258 e. The molecule has 1 aliphatic rings. The molecule has 2 aromatic rings. The summed E-state index contributed by atoms with van der Waals surface area (Å²) in [5, 5.41) is 0. The van der Waals surface area contributed by atoms with Gasteiger partial charge in [-0.1, -0.05) is 12.1 Å². The Kier molecular flexibility index (Phi) is 4.53. The molecule has 1 aliphatic heterocycles. The Bertz CT molecular complexity index is 892. The average molecular weight is 360 g/mol. The van der Waals surface area contributed by atoms with Crippen molar-refractivity contribution in [3.8, 4) is 5.75 Å². The number of fused-ring (bicyclic) bond motifs is 1. The van der Waals surface area contributed by atoms with E-state index in [1.165, 1.54) is 26.2 Å². The average Bonchev–Trinajstić information content (AvgIpc) is 2.60. The molecule has 0 fully saturated rings. The van der Waals surface area contributed by atoms with E-state index in [4.69, 9.17) is 4.74 Å². The normalized spacial score (nSPS) is 17.1. The molecule has 0 bridgehead atoms. The zero-order valence-corrected chi connectivity index (χ0v) is 15.2. The highest BCUT2D eigenvalue weighted by Gasteiger charge is 2.28. The molecule has 0 saturated carbocycles. The molecule has 2 aromatic carbocycles. The lowest BCUT2D eigenvalue weighted by atomic mass is 10.1. The summed E-state index contributed by atoms with van der Waals surface area (Å²) in [6.07, 6.45) is -0.118. The second-order valence-corrected chi connectivity index (χ2v) is 8.28. The number of sulfonamides is 1. The third-order valence-electron chi connectivity index (χ3n) is 4.05. The minimum atomic E-state index is -3.51. The molecule has 25 heavy (non-hydrogen) atoms. The molecule has 1 unspecified atom stereocenters. The molecule has 0 saturated heterocycles. The first-order valence-electron chi connectivity index (χ1n) is 7.91. The van der Waals surface area contributed by atoms with Gasteiger partial charge in [0.15, 0.2) is 0 Å². The first-order valence-corrected chi connectivity index (χ1v) is 9.35. The number of hydrogen-bond donors (Lipinski definition) is 0. The molecule has 132 valence electrons. The smallest absolute Gasteiger partial charge is 0.258 e. The topological polar surface area (TPSA) is 66.9 Å². The molecule has 1 atom stereocenters.